The van der Waals surface area contributed by atoms with Crippen LogP contribution in [-0.2, 0) is 11.2 Å². The zero-order valence-electron chi connectivity index (χ0n) is 13.0. The Balaban J connectivity index is 1.71. The van der Waals surface area contributed by atoms with Gasteiger partial charge in [0.25, 0.3) is 0 Å². The van der Waals surface area contributed by atoms with Crippen molar-refractivity contribution >= 4 is 28.6 Å². The van der Waals surface area contributed by atoms with E-state index in [0.29, 0.717) is 0 Å². The summed E-state index contributed by atoms with van der Waals surface area (Å²) in [5, 5.41) is 3.96. The summed E-state index contributed by atoms with van der Waals surface area (Å²) in [6.07, 6.45) is 4.18. The maximum Gasteiger partial charge on any atom is 0.248 e. The Kier molecular flexibility index (Phi) is 4.48. The Morgan fingerprint density at radius 2 is 1.96 bits per heavy atom. The number of carbonyl (C=O) groups excluding carboxylic acids is 1. The second-order valence-corrected chi connectivity index (χ2v) is 5.31. The van der Waals surface area contributed by atoms with E-state index < -0.39 is 0 Å². The molecule has 0 saturated heterocycles. The van der Waals surface area contributed by atoms with E-state index in [-0.39, 0.29) is 5.91 Å². The molecular formula is C20H18N2O. The number of para-hydroxylation sites is 1. The fraction of sp³-hybridized carbons (Fsp3) is 0.100. The first kappa shape index (κ1) is 15.0. The highest BCUT2D eigenvalue weighted by atomic mass is 16.1. The van der Waals surface area contributed by atoms with Crippen LogP contribution in [0.5, 0.6) is 0 Å². The predicted molar refractivity (Wildman–Crippen MR) is 95.2 cm³/mol. The fourth-order valence-corrected chi connectivity index (χ4v) is 2.39. The monoisotopic (exact) mass is 302 g/mol. The summed E-state index contributed by atoms with van der Waals surface area (Å²) in [5.74, 6) is -0.159. The summed E-state index contributed by atoms with van der Waals surface area (Å²) >= 11 is 0. The molecule has 3 rings (SSSR count). The molecule has 0 fully saturated rings. The van der Waals surface area contributed by atoms with Crippen LogP contribution in [0.3, 0.4) is 0 Å². The molecule has 0 spiro atoms. The molecule has 0 unspecified atom stereocenters. The third-order valence-corrected chi connectivity index (χ3v) is 3.63. The normalized spacial score (nSPS) is 11.0. The van der Waals surface area contributed by atoms with E-state index in [0.717, 1.165) is 28.7 Å². The van der Waals surface area contributed by atoms with Gasteiger partial charge in [0.1, 0.15) is 0 Å². The van der Waals surface area contributed by atoms with Crippen LogP contribution in [0.4, 0.5) is 5.69 Å². The van der Waals surface area contributed by atoms with Gasteiger partial charge < -0.3 is 5.32 Å². The van der Waals surface area contributed by atoms with Crippen LogP contribution in [0.2, 0.25) is 0 Å². The van der Waals surface area contributed by atoms with E-state index in [2.05, 4.69) is 17.2 Å². The van der Waals surface area contributed by atoms with Crippen LogP contribution in [-0.4, -0.2) is 10.9 Å². The summed E-state index contributed by atoms with van der Waals surface area (Å²) in [6, 6.07) is 19.7. The number of hydrogen-bond donors (Lipinski definition) is 1. The molecule has 0 radical (unpaired) electrons. The Morgan fingerprint density at radius 3 is 2.83 bits per heavy atom. The molecule has 0 aliphatic heterocycles. The van der Waals surface area contributed by atoms with Crippen molar-refractivity contribution < 1.29 is 4.79 Å². The standard InChI is InChI=1S/C20H18N2O/c1-2-15-6-5-8-18(14-15)22-20(23)13-12-17-11-10-16-7-3-4-9-19(16)21-17/h3-14H,2H2,1H3,(H,22,23)/b13-12+. The van der Waals surface area contributed by atoms with Gasteiger partial charge in [-0.05, 0) is 42.3 Å². The van der Waals surface area contributed by atoms with Crippen LogP contribution < -0.4 is 5.32 Å². The third-order valence-electron chi connectivity index (χ3n) is 3.63. The van der Waals surface area contributed by atoms with E-state index >= 15 is 0 Å². The van der Waals surface area contributed by atoms with E-state index in [1.54, 1.807) is 6.08 Å². The molecule has 3 heteroatoms. The van der Waals surface area contributed by atoms with Crippen molar-refractivity contribution in [3.05, 3.63) is 78.0 Å². The Hall–Kier alpha value is -2.94. The average Bonchev–Trinajstić information content (AvgIpc) is 2.60. The minimum Gasteiger partial charge on any atom is -0.323 e. The molecular weight excluding hydrogens is 284 g/mol. The van der Waals surface area contributed by atoms with Gasteiger partial charge in [-0.2, -0.15) is 0 Å². The van der Waals surface area contributed by atoms with Gasteiger partial charge in [0.15, 0.2) is 0 Å². The Labute approximate surface area is 135 Å². The number of aryl methyl sites for hydroxylation is 1. The maximum absolute atomic E-state index is 12.0. The number of benzene rings is 2. The highest BCUT2D eigenvalue weighted by Gasteiger charge is 2.00. The zero-order chi connectivity index (χ0) is 16.1. The molecule has 0 bridgehead atoms. The highest BCUT2D eigenvalue weighted by Crippen LogP contribution is 2.13. The minimum atomic E-state index is -0.159. The van der Waals surface area contributed by atoms with E-state index in [1.807, 2.05) is 60.7 Å². The molecule has 3 nitrogen and oxygen atoms in total. The lowest BCUT2D eigenvalue weighted by Crippen LogP contribution is -2.07. The van der Waals surface area contributed by atoms with Gasteiger partial charge in [-0.1, -0.05) is 43.3 Å². The van der Waals surface area contributed by atoms with E-state index in [9.17, 15) is 4.79 Å². The summed E-state index contributed by atoms with van der Waals surface area (Å²) < 4.78 is 0. The van der Waals surface area contributed by atoms with Gasteiger partial charge in [0.05, 0.1) is 11.2 Å². The van der Waals surface area contributed by atoms with E-state index in [1.165, 1.54) is 11.6 Å². The quantitative estimate of drug-likeness (QED) is 0.723. The number of amides is 1. The van der Waals surface area contributed by atoms with Crippen molar-refractivity contribution in [2.75, 3.05) is 5.32 Å². The number of nitrogens with zero attached hydrogens (tertiary/aromatic N) is 1. The van der Waals surface area contributed by atoms with Gasteiger partial charge in [0, 0.05) is 17.1 Å². The fourth-order valence-electron chi connectivity index (χ4n) is 2.39. The van der Waals surface area contributed by atoms with Gasteiger partial charge in [0.2, 0.25) is 5.91 Å². The SMILES string of the molecule is CCc1cccc(NC(=O)/C=C/c2ccc3ccccc3n2)c1. The van der Waals surface area contributed by atoms with Gasteiger partial charge in [-0.15, -0.1) is 0 Å². The molecule has 3 aromatic rings. The number of nitrogens with one attached hydrogen (secondary N) is 1. The first-order chi connectivity index (χ1) is 11.2. The largest absolute Gasteiger partial charge is 0.323 e. The van der Waals surface area contributed by atoms with Crippen molar-refractivity contribution in [2.45, 2.75) is 13.3 Å². The van der Waals surface area contributed by atoms with Gasteiger partial charge in [-0.25, -0.2) is 4.98 Å². The molecule has 0 atom stereocenters. The summed E-state index contributed by atoms with van der Waals surface area (Å²) in [7, 11) is 0. The number of hydrogen-bond acceptors (Lipinski definition) is 2. The van der Waals surface area contributed by atoms with Gasteiger partial charge in [-0.3, -0.25) is 4.79 Å². The number of aromatic nitrogens is 1. The summed E-state index contributed by atoms with van der Waals surface area (Å²) in [6.45, 7) is 2.09. The highest BCUT2D eigenvalue weighted by molar-refractivity contribution is 6.02. The second kappa shape index (κ2) is 6.88. The number of rotatable bonds is 4. The van der Waals surface area contributed by atoms with Crippen LogP contribution >= 0.6 is 0 Å². The van der Waals surface area contributed by atoms with Crippen molar-refractivity contribution in [1.82, 2.24) is 4.98 Å². The Morgan fingerprint density at radius 1 is 1.09 bits per heavy atom. The zero-order valence-corrected chi connectivity index (χ0v) is 13.0. The topological polar surface area (TPSA) is 42.0 Å². The van der Waals surface area contributed by atoms with Crippen molar-refractivity contribution in [1.29, 1.82) is 0 Å². The molecule has 2 aromatic carbocycles. The molecule has 1 N–H and O–H groups in total. The van der Waals surface area contributed by atoms with E-state index in [4.69, 9.17) is 0 Å². The maximum atomic E-state index is 12.0. The molecule has 1 heterocycles. The minimum absolute atomic E-state index is 0.159. The average molecular weight is 302 g/mol. The Bertz CT molecular complexity index is 868. The lowest BCUT2D eigenvalue weighted by molar-refractivity contribution is -0.111. The molecule has 0 aliphatic rings. The number of anilines is 1. The molecule has 1 aromatic heterocycles. The number of pyridine rings is 1. The molecule has 23 heavy (non-hydrogen) atoms. The summed E-state index contributed by atoms with van der Waals surface area (Å²) in [4.78, 5) is 16.5. The number of fused-ring (bicyclic) bond motifs is 1. The third kappa shape index (κ3) is 3.83. The number of carbonyl (C=O) groups is 1. The van der Waals surface area contributed by atoms with Gasteiger partial charge >= 0.3 is 0 Å². The van der Waals surface area contributed by atoms with Crippen molar-refractivity contribution in [3.8, 4) is 0 Å². The van der Waals surface area contributed by atoms with Crippen molar-refractivity contribution in [2.24, 2.45) is 0 Å². The van der Waals surface area contributed by atoms with Crippen LogP contribution in [0.25, 0.3) is 17.0 Å². The second-order valence-electron chi connectivity index (χ2n) is 5.31. The van der Waals surface area contributed by atoms with Crippen LogP contribution in [0, 0.1) is 0 Å². The van der Waals surface area contributed by atoms with Crippen LogP contribution in [0.15, 0.2) is 66.7 Å². The smallest absolute Gasteiger partial charge is 0.248 e. The van der Waals surface area contributed by atoms with Crippen molar-refractivity contribution in [3.63, 3.8) is 0 Å². The molecule has 114 valence electrons. The predicted octanol–water partition coefficient (Wildman–Crippen LogP) is 4.45. The molecule has 0 saturated carbocycles. The molecule has 1 amide bonds. The van der Waals surface area contributed by atoms with Crippen LogP contribution in [0.1, 0.15) is 18.2 Å². The first-order valence-electron chi connectivity index (χ1n) is 7.68. The summed E-state index contributed by atoms with van der Waals surface area (Å²) in [5.41, 5.74) is 3.69. The lowest BCUT2D eigenvalue weighted by Gasteiger charge is -2.04. The first-order valence-corrected chi connectivity index (χ1v) is 7.68. The lowest BCUT2D eigenvalue weighted by atomic mass is 10.1. The molecule has 0 aliphatic carbocycles.